The lowest BCUT2D eigenvalue weighted by Crippen LogP contribution is -2.18. The largest absolute Gasteiger partial charge is 0.461 e. The summed E-state index contributed by atoms with van der Waals surface area (Å²) in [6.45, 7) is 5.14. The van der Waals surface area contributed by atoms with Crippen LogP contribution in [0.2, 0.25) is 0 Å². The number of esters is 1. The van der Waals surface area contributed by atoms with Crippen molar-refractivity contribution >= 4 is 11.5 Å². The van der Waals surface area contributed by atoms with Gasteiger partial charge < -0.3 is 9.72 Å². The van der Waals surface area contributed by atoms with E-state index in [9.17, 15) is 22.8 Å². The van der Waals surface area contributed by atoms with Gasteiger partial charge in [-0.05, 0) is 43.5 Å². The van der Waals surface area contributed by atoms with E-state index in [0.717, 1.165) is 15.6 Å². The molecule has 2 heterocycles. The number of benzene rings is 1. The molecule has 6 nitrogen and oxygen atoms in total. The Hall–Kier alpha value is -3.10. The quantitative estimate of drug-likeness (QED) is 0.707. The van der Waals surface area contributed by atoms with Crippen LogP contribution in [0.5, 0.6) is 0 Å². The zero-order valence-electron chi connectivity index (χ0n) is 14.8. The predicted molar refractivity (Wildman–Crippen MR) is 91.7 cm³/mol. The average molecular weight is 379 g/mol. The lowest BCUT2D eigenvalue weighted by molar-refractivity contribution is -0.136. The van der Waals surface area contributed by atoms with Crippen molar-refractivity contribution in [3.63, 3.8) is 0 Å². The van der Waals surface area contributed by atoms with Crippen molar-refractivity contribution < 1.29 is 22.7 Å². The van der Waals surface area contributed by atoms with Crippen molar-refractivity contribution in [3.05, 3.63) is 57.1 Å². The van der Waals surface area contributed by atoms with Crippen LogP contribution in [-0.4, -0.2) is 27.2 Å². The normalized spacial score (nSPS) is 11.8. The molecule has 1 N–H and O–H groups in total. The third-order valence-corrected chi connectivity index (χ3v) is 4.20. The Kier molecular flexibility index (Phi) is 4.54. The molecule has 0 amide bonds. The van der Waals surface area contributed by atoms with E-state index in [-0.39, 0.29) is 12.3 Å². The Balaban J connectivity index is 2.28. The minimum Gasteiger partial charge on any atom is -0.461 e. The highest BCUT2D eigenvalue weighted by Gasteiger charge is 2.42. The van der Waals surface area contributed by atoms with E-state index in [1.165, 1.54) is 13.1 Å². The van der Waals surface area contributed by atoms with Gasteiger partial charge in [-0.2, -0.15) is 18.3 Å². The molecular weight excluding hydrogens is 363 g/mol. The van der Waals surface area contributed by atoms with Crippen LogP contribution in [0.15, 0.2) is 29.2 Å². The second-order valence-corrected chi connectivity index (χ2v) is 6.03. The van der Waals surface area contributed by atoms with Crippen LogP contribution in [0.3, 0.4) is 0 Å². The number of aromatic nitrogens is 3. The zero-order valence-corrected chi connectivity index (χ0v) is 14.8. The first-order chi connectivity index (χ1) is 12.6. The molecular formula is C18H16F3N3O3. The first kappa shape index (κ1) is 18.7. The molecule has 142 valence electrons. The monoisotopic (exact) mass is 379 g/mol. The number of rotatable bonds is 3. The fraction of sp³-hybridized carbons (Fsp3) is 0.278. The van der Waals surface area contributed by atoms with E-state index in [1.54, 1.807) is 12.1 Å². The number of carbonyl (C=O) groups is 1. The Bertz CT molecular complexity index is 1100. The molecule has 0 bridgehead atoms. The number of ether oxygens (including phenoxy) is 1. The van der Waals surface area contributed by atoms with Gasteiger partial charge in [-0.3, -0.25) is 4.79 Å². The molecule has 3 rings (SSSR count). The van der Waals surface area contributed by atoms with E-state index in [0.29, 0.717) is 5.56 Å². The lowest BCUT2D eigenvalue weighted by atomic mass is 10.0. The summed E-state index contributed by atoms with van der Waals surface area (Å²) in [6.07, 6.45) is -3.70. The van der Waals surface area contributed by atoms with Gasteiger partial charge in [-0.1, -0.05) is 12.1 Å². The Labute approximate surface area is 151 Å². The number of carbonyl (C=O) groups excluding carboxylic acids is 1. The number of aromatic amines is 1. The molecule has 0 fully saturated rings. The van der Waals surface area contributed by atoms with Gasteiger partial charge in [0.05, 0.1) is 18.5 Å². The first-order valence-corrected chi connectivity index (χ1v) is 8.11. The highest BCUT2D eigenvalue weighted by Crippen LogP contribution is 2.34. The van der Waals surface area contributed by atoms with E-state index >= 15 is 0 Å². The van der Waals surface area contributed by atoms with Crippen LogP contribution >= 0.6 is 0 Å². The molecule has 0 aliphatic rings. The van der Waals surface area contributed by atoms with Gasteiger partial charge in [0.1, 0.15) is 11.1 Å². The average Bonchev–Trinajstić information content (AvgIpc) is 2.98. The topological polar surface area (TPSA) is 76.5 Å². The molecule has 27 heavy (non-hydrogen) atoms. The summed E-state index contributed by atoms with van der Waals surface area (Å²) in [5.41, 5.74) is -1.22. The zero-order chi connectivity index (χ0) is 19.9. The van der Waals surface area contributed by atoms with Crippen LogP contribution in [0.4, 0.5) is 13.2 Å². The molecule has 0 atom stereocenters. The number of nitrogens with one attached hydrogen (secondary N) is 1. The molecule has 1 aromatic carbocycles. The highest BCUT2D eigenvalue weighted by atomic mass is 19.4. The number of alkyl halides is 3. The maximum Gasteiger partial charge on any atom is 0.421 e. The van der Waals surface area contributed by atoms with Crippen LogP contribution in [0.1, 0.15) is 34.1 Å². The molecule has 0 aliphatic carbocycles. The van der Waals surface area contributed by atoms with E-state index in [2.05, 4.69) is 14.8 Å². The summed E-state index contributed by atoms with van der Waals surface area (Å²) >= 11 is 0. The molecule has 0 aliphatic heterocycles. The number of fused-ring (bicyclic) bond motifs is 1. The molecule has 9 heteroatoms. The molecule has 0 saturated carbocycles. The molecule has 0 saturated heterocycles. The second-order valence-electron chi connectivity index (χ2n) is 6.03. The van der Waals surface area contributed by atoms with Crippen molar-refractivity contribution in [3.8, 4) is 11.3 Å². The molecule has 3 aromatic rings. The third kappa shape index (κ3) is 3.32. The number of H-pyrrole nitrogens is 1. The molecule has 0 spiro atoms. The van der Waals surface area contributed by atoms with Gasteiger partial charge in [0, 0.05) is 0 Å². The lowest BCUT2D eigenvalue weighted by Gasteiger charge is -2.08. The van der Waals surface area contributed by atoms with E-state index < -0.39 is 34.5 Å². The second kappa shape index (κ2) is 6.57. The number of nitrogens with zero attached hydrogens (tertiary/aromatic N) is 2. The fourth-order valence-electron chi connectivity index (χ4n) is 2.75. The minimum absolute atomic E-state index is 0.117. The van der Waals surface area contributed by atoms with Crippen LogP contribution < -0.4 is 5.56 Å². The maximum absolute atomic E-state index is 13.5. The van der Waals surface area contributed by atoms with Crippen LogP contribution in [0.25, 0.3) is 16.8 Å². The van der Waals surface area contributed by atoms with E-state index in [1.807, 2.05) is 19.9 Å². The number of hydrogen-bond donors (Lipinski definition) is 1. The van der Waals surface area contributed by atoms with Crippen LogP contribution in [-0.2, 0) is 10.9 Å². The van der Waals surface area contributed by atoms with Crippen molar-refractivity contribution in [2.75, 3.05) is 6.61 Å². The summed E-state index contributed by atoms with van der Waals surface area (Å²) in [5.74, 6) is -1.24. The minimum atomic E-state index is -4.95. The van der Waals surface area contributed by atoms with Gasteiger partial charge in [-0.15, -0.1) is 0 Å². The number of hydrogen-bond acceptors (Lipinski definition) is 4. The third-order valence-electron chi connectivity index (χ3n) is 4.20. The predicted octanol–water partition coefficient (Wildman–Crippen LogP) is 3.50. The number of halogens is 3. The summed E-state index contributed by atoms with van der Waals surface area (Å²) < 4.78 is 45.9. The molecule has 2 aromatic heterocycles. The van der Waals surface area contributed by atoms with Gasteiger partial charge >= 0.3 is 12.1 Å². The van der Waals surface area contributed by atoms with E-state index in [4.69, 9.17) is 0 Å². The standard InChI is InChI=1S/C18H16F3N3O3/c1-4-27-17(26)14-13(18(19,20)21)15-16(25)22-12(8-24(15)23-14)11-6-5-9(2)10(3)7-11/h5-8H,4H2,1-3H3,(H,22,25). The van der Waals surface area contributed by atoms with Crippen molar-refractivity contribution in [1.82, 2.24) is 14.6 Å². The van der Waals surface area contributed by atoms with Gasteiger partial charge in [0.2, 0.25) is 0 Å². The Morgan fingerprint density at radius 3 is 2.56 bits per heavy atom. The highest BCUT2D eigenvalue weighted by molar-refractivity contribution is 5.91. The van der Waals surface area contributed by atoms with Gasteiger partial charge in [0.25, 0.3) is 5.56 Å². The van der Waals surface area contributed by atoms with Crippen molar-refractivity contribution in [2.45, 2.75) is 26.9 Å². The maximum atomic E-state index is 13.5. The summed E-state index contributed by atoms with van der Waals surface area (Å²) in [5, 5.41) is 3.69. The van der Waals surface area contributed by atoms with Crippen molar-refractivity contribution in [1.29, 1.82) is 0 Å². The Morgan fingerprint density at radius 2 is 1.96 bits per heavy atom. The SMILES string of the molecule is CCOC(=O)c1nn2cc(-c3ccc(C)c(C)c3)[nH]c(=O)c2c1C(F)(F)F. The molecule has 0 radical (unpaired) electrons. The summed E-state index contributed by atoms with van der Waals surface area (Å²) in [4.78, 5) is 26.8. The number of aryl methyl sites for hydroxylation is 2. The van der Waals surface area contributed by atoms with Crippen molar-refractivity contribution in [2.24, 2.45) is 0 Å². The van der Waals surface area contributed by atoms with Gasteiger partial charge in [-0.25, -0.2) is 9.31 Å². The van der Waals surface area contributed by atoms with Crippen LogP contribution in [0, 0.1) is 13.8 Å². The summed E-state index contributed by atoms with van der Waals surface area (Å²) in [6, 6.07) is 5.37. The first-order valence-electron chi connectivity index (χ1n) is 8.11. The van der Waals surface area contributed by atoms with Gasteiger partial charge in [0.15, 0.2) is 5.69 Å². The summed E-state index contributed by atoms with van der Waals surface area (Å²) in [7, 11) is 0. The molecule has 0 unspecified atom stereocenters. The Morgan fingerprint density at radius 1 is 1.26 bits per heavy atom. The smallest absolute Gasteiger partial charge is 0.421 e. The fourth-order valence-corrected chi connectivity index (χ4v) is 2.75.